The summed E-state index contributed by atoms with van der Waals surface area (Å²) in [4.78, 5) is 9.60. The summed E-state index contributed by atoms with van der Waals surface area (Å²) in [7, 11) is 0. The van der Waals surface area contributed by atoms with Crippen molar-refractivity contribution in [2.45, 2.75) is 39.2 Å². The van der Waals surface area contributed by atoms with Crippen LogP contribution in [0.25, 0.3) is 0 Å². The molecule has 0 aliphatic carbocycles. The van der Waals surface area contributed by atoms with E-state index < -0.39 is 0 Å². The van der Waals surface area contributed by atoms with Gasteiger partial charge in [0.2, 0.25) is 0 Å². The van der Waals surface area contributed by atoms with Crippen LogP contribution in [0.15, 0.2) is 30.3 Å². The van der Waals surface area contributed by atoms with Crippen LogP contribution in [-0.4, -0.2) is 31.8 Å². The van der Waals surface area contributed by atoms with Crippen LogP contribution in [0.1, 0.15) is 33.6 Å². The second kappa shape index (κ2) is 9.40. The molecule has 21 heavy (non-hydrogen) atoms. The number of nitrogens with one attached hydrogen (secondary N) is 1. The number of piperidine rings is 1. The zero-order chi connectivity index (χ0) is 15.6. The van der Waals surface area contributed by atoms with E-state index in [0.717, 1.165) is 31.4 Å². The van der Waals surface area contributed by atoms with Gasteiger partial charge in [-0.2, -0.15) is 0 Å². The summed E-state index contributed by atoms with van der Waals surface area (Å²) >= 11 is 0. The molecule has 1 fully saturated rings. The molecule has 0 radical (unpaired) electrons. The van der Waals surface area contributed by atoms with Gasteiger partial charge in [-0.25, -0.2) is 0 Å². The van der Waals surface area contributed by atoms with Gasteiger partial charge in [0.25, 0.3) is 6.47 Å². The lowest BCUT2D eigenvalue weighted by atomic mass is 9.99. The standard InChI is InChI=1S/C12H17NO.C5H10O2/c1-2-4-12(5-3-1)14-10-11-6-8-13-9-7-11;1-5(2,3)7-4-6/h1-5,11,13H,6-10H2;4H,1-3H3. The maximum absolute atomic E-state index is 9.60. The summed E-state index contributed by atoms with van der Waals surface area (Å²) in [5, 5.41) is 3.36. The largest absolute Gasteiger partial charge is 0.493 e. The van der Waals surface area contributed by atoms with Crippen molar-refractivity contribution >= 4 is 6.47 Å². The van der Waals surface area contributed by atoms with E-state index in [2.05, 4.69) is 10.1 Å². The first-order chi connectivity index (χ1) is 10.0. The van der Waals surface area contributed by atoms with Gasteiger partial charge in [-0.15, -0.1) is 0 Å². The van der Waals surface area contributed by atoms with Gasteiger partial charge in [0.15, 0.2) is 0 Å². The Morgan fingerprint density at radius 3 is 2.29 bits per heavy atom. The summed E-state index contributed by atoms with van der Waals surface area (Å²) < 4.78 is 10.3. The van der Waals surface area contributed by atoms with E-state index in [4.69, 9.17) is 4.74 Å². The van der Waals surface area contributed by atoms with Crippen LogP contribution in [0.4, 0.5) is 0 Å². The SMILES string of the molecule is CC(C)(C)OC=O.c1ccc(OCC2CCNCC2)cc1. The highest BCUT2D eigenvalue weighted by Gasteiger charge is 2.13. The van der Waals surface area contributed by atoms with Gasteiger partial charge >= 0.3 is 0 Å². The van der Waals surface area contributed by atoms with Crippen LogP contribution < -0.4 is 10.1 Å². The van der Waals surface area contributed by atoms with Crippen molar-refractivity contribution < 1.29 is 14.3 Å². The average molecular weight is 293 g/mol. The fourth-order valence-electron chi connectivity index (χ4n) is 1.92. The van der Waals surface area contributed by atoms with Gasteiger partial charge in [-0.05, 0) is 64.8 Å². The Balaban J connectivity index is 0.000000270. The summed E-state index contributed by atoms with van der Waals surface area (Å²) in [6.45, 7) is 9.07. The number of ether oxygens (including phenoxy) is 2. The Morgan fingerprint density at radius 2 is 1.81 bits per heavy atom. The molecular formula is C17H27NO3. The van der Waals surface area contributed by atoms with Crippen molar-refractivity contribution in [1.82, 2.24) is 5.32 Å². The zero-order valence-electron chi connectivity index (χ0n) is 13.3. The molecule has 1 aliphatic heterocycles. The number of benzene rings is 1. The molecule has 1 N–H and O–H groups in total. The lowest BCUT2D eigenvalue weighted by Gasteiger charge is -2.22. The number of hydrogen-bond acceptors (Lipinski definition) is 4. The van der Waals surface area contributed by atoms with Crippen LogP contribution in [0.2, 0.25) is 0 Å². The Labute approximate surface area is 127 Å². The average Bonchev–Trinajstić information content (AvgIpc) is 2.47. The second-order valence-electron chi connectivity index (χ2n) is 6.14. The molecule has 1 aromatic rings. The predicted octanol–water partition coefficient (Wildman–Crippen LogP) is 3.02. The lowest BCUT2D eigenvalue weighted by Crippen LogP contribution is -2.30. The summed E-state index contributed by atoms with van der Waals surface area (Å²) in [6, 6.07) is 10.1. The Bertz CT molecular complexity index is 381. The van der Waals surface area contributed by atoms with Gasteiger partial charge < -0.3 is 14.8 Å². The van der Waals surface area contributed by atoms with E-state index >= 15 is 0 Å². The Morgan fingerprint density at radius 1 is 1.19 bits per heavy atom. The number of hydrogen-bond donors (Lipinski definition) is 1. The van der Waals surface area contributed by atoms with E-state index in [-0.39, 0.29) is 5.60 Å². The topological polar surface area (TPSA) is 47.6 Å². The molecule has 118 valence electrons. The number of carbonyl (C=O) groups excluding carboxylic acids is 1. The molecule has 1 heterocycles. The fourth-order valence-corrected chi connectivity index (χ4v) is 1.92. The van der Waals surface area contributed by atoms with Crippen LogP contribution in [-0.2, 0) is 9.53 Å². The molecule has 0 atom stereocenters. The molecule has 0 unspecified atom stereocenters. The third kappa shape index (κ3) is 9.08. The van der Waals surface area contributed by atoms with E-state index in [1.807, 2.05) is 51.1 Å². The Hall–Kier alpha value is -1.55. The molecule has 0 amide bonds. The van der Waals surface area contributed by atoms with Crippen molar-refractivity contribution in [3.05, 3.63) is 30.3 Å². The quantitative estimate of drug-likeness (QED) is 0.867. The molecule has 0 aromatic heterocycles. The van der Waals surface area contributed by atoms with Gasteiger partial charge in [0.1, 0.15) is 11.4 Å². The first kappa shape index (κ1) is 17.5. The fraction of sp³-hybridized carbons (Fsp3) is 0.588. The van der Waals surface area contributed by atoms with Crippen LogP contribution >= 0.6 is 0 Å². The van der Waals surface area contributed by atoms with Crippen molar-refractivity contribution in [3.8, 4) is 5.75 Å². The van der Waals surface area contributed by atoms with E-state index in [1.165, 1.54) is 12.8 Å². The number of para-hydroxylation sites is 1. The van der Waals surface area contributed by atoms with Crippen molar-refractivity contribution in [3.63, 3.8) is 0 Å². The maximum atomic E-state index is 9.60. The summed E-state index contributed by atoms with van der Waals surface area (Å²) in [5.41, 5.74) is -0.318. The van der Waals surface area contributed by atoms with Gasteiger partial charge in [-0.3, -0.25) is 4.79 Å². The lowest BCUT2D eigenvalue weighted by molar-refractivity contribution is -0.138. The van der Waals surface area contributed by atoms with Crippen molar-refractivity contribution in [2.75, 3.05) is 19.7 Å². The molecular weight excluding hydrogens is 266 g/mol. The summed E-state index contributed by atoms with van der Waals surface area (Å²) in [6.07, 6.45) is 2.49. The van der Waals surface area contributed by atoms with Crippen LogP contribution in [0.3, 0.4) is 0 Å². The molecule has 2 rings (SSSR count). The van der Waals surface area contributed by atoms with Crippen molar-refractivity contribution in [2.24, 2.45) is 5.92 Å². The summed E-state index contributed by atoms with van der Waals surface area (Å²) in [5.74, 6) is 1.72. The van der Waals surface area contributed by atoms with Gasteiger partial charge in [0.05, 0.1) is 6.61 Å². The molecule has 1 aromatic carbocycles. The predicted molar refractivity (Wildman–Crippen MR) is 84.4 cm³/mol. The van der Waals surface area contributed by atoms with Gasteiger partial charge in [0, 0.05) is 0 Å². The second-order valence-corrected chi connectivity index (χ2v) is 6.14. The smallest absolute Gasteiger partial charge is 0.293 e. The molecule has 1 saturated heterocycles. The zero-order valence-corrected chi connectivity index (χ0v) is 13.3. The highest BCUT2D eigenvalue weighted by molar-refractivity contribution is 5.37. The molecule has 0 spiro atoms. The minimum Gasteiger partial charge on any atom is -0.493 e. The maximum Gasteiger partial charge on any atom is 0.293 e. The molecule has 0 saturated carbocycles. The highest BCUT2D eigenvalue weighted by atomic mass is 16.5. The van der Waals surface area contributed by atoms with Crippen molar-refractivity contribution in [1.29, 1.82) is 0 Å². The first-order valence-electron chi connectivity index (χ1n) is 7.51. The monoisotopic (exact) mass is 293 g/mol. The van der Waals surface area contributed by atoms with Crippen LogP contribution in [0.5, 0.6) is 5.75 Å². The minimum absolute atomic E-state index is 0.318. The molecule has 4 heteroatoms. The van der Waals surface area contributed by atoms with E-state index in [0.29, 0.717) is 6.47 Å². The third-order valence-electron chi connectivity index (χ3n) is 3.09. The van der Waals surface area contributed by atoms with E-state index in [9.17, 15) is 4.79 Å². The normalized spacial score (nSPS) is 15.6. The number of carbonyl (C=O) groups is 1. The third-order valence-corrected chi connectivity index (χ3v) is 3.09. The molecule has 4 nitrogen and oxygen atoms in total. The minimum atomic E-state index is -0.318. The number of rotatable bonds is 4. The first-order valence-corrected chi connectivity index (χ1v) is 7.51. The molecule has 0 bridgehead atoms. The highest BCUT2D eigenvalue weighted by Crippen LogP contribution is 2.15. The van der Waals surface area contributed by atoms with E-state index in [1.54, 1.807) is 0 Å². The molecule has 1 aliphatic rings. The Kier molecular flexibility index (Phi) is 7.83. The van der Waals surface area contributed by atoms with Gasteiger partial charge in [-0.1, -0.05) is 18.2 Å². The van der Waals surface area contributed by atoms with Crippen LogP contribution in [0, 0.1) is 5.92 Å².